The summed E-state index contributed by atoms with van der Waals surface area (Å²) >= 11 is 0. The standard InChI is InChI=1S/C26H30N4O3.Rb/c1-5-17-9-7-11-21-20(17)15-23(29-21)26(33)30-22(13-16(3)4)25(32)28-19(6-2)14-18-10-8-12-27-24(18)31;/h2,7-12,15-16,19,22H,5,13-14H2,1,3-4H3,(H4,27,28,29,30,31,32,33);/q;+1/p-1/t19-,22+;/m1./s1. The molecule has 8 heteroatoms. The van der Waals surface area contributed by atoms with Crippen LogP contribution in [0.1, 0.15) is 48.8 Å². The molecular formula is C26H29N4O3Rb. The second kappa shape index (κ2) is 13.2. The summed E-state index contributed by atoms with van der Waals surface area (Å²) in [5.74, 6) is 1.93. The normalized spacial score (nSPS) is 12.4. The molecule has 172 valence electrons. The zero-order valence-electron chi connectivity index (χ0n) is 20.1. The summed E-state index contributed by atoms with van der Waals surface area (Å²) < 4.78 is 0. The van der Waals surface area contributed by atoms with Crippen LogP contribution in [0.2, 0.25) is 0 Å². The summed E-state index contributed by atoms with van der Waals surface area (Å²) in [5, 5.41) is 6.62. The Kier molecular flexibility index (Phi) is 11.0. The van der Waals surface area contributed by atoms with Gasteiger partial charge in [0.1, 0.15) is 11.7 Å². The molecule has 0 saturated heterocycles. The molecule has 0 unspecified atom stereocenters. The number of aryl methyl sites for hydroxylation is 1. The van der Waals surface area contributed by atoms with Gasteiger partial charge in [0.15, 0.2) is 0 Å². The van der Waals surface area contributed by atoms with Gasteiger partial charge in [-0.15, -0.1) is 6.42 Å². The van der Waals surface area contributed by atoms with E-state index in [2.05, 4.69) is 33.4 Å². The molecule has 0 saturated carbocycles. The monoisotopic (exact) mass is 530 g/mol. The van der Waals surface area contributed by atoms with E-state index >= 15 is 0 Å². The average molecular weight is 531 g/mol. The number of rotatable bonds is 9. The minimum absolute atomic E-state index is 0. The van der Waals surface area contributed by atoms with E-state index < -0.39 is 12.1 Å². The number of benzene rings is 1. The first-order valence-electron chi connectivity index (χ1n) is 11.1. The maximum absolute atomic E-state index is 13.0. The third kappa shape index (κ3) is 7.26. The van der Waals surface area contributed by atoms with Crippen molar-refractivity contribution in [1.82, 2.24) is 20.6 Å². The molecule has 0 aliphatic heterocycles. The molecule has 0 bridgehead atoms. The van der Waals surface area contributed by atoms with Crippen molar-refractivity contribution >= 4 is 22.7 Å². The Morgan fingerprint density at radius 3 is 2.53 bits per heavy atom. The largest absolute Gasteiger partial charge is 1.00 e. The van der Waals surface area contributed by atoms with E-state index in [1.807, 2.05) is 38.1 Å². The van der Waals surface area contributed by atoms with Crippen molar-refractivity contribution in [2.24, 2.45) is 5.92 Å². The van der Waals surface area contributed by atoms with E-state index in [0.29, 0.717) is 17.7 Å². The Balaban J connectivity index is 0.00000408. The molecule has 1 aromatic carbocycles. The molecule has 0 aliphatic rings. The number of amides is 2. The van der Waals surface area contributed by atoms with Crippen LogP contribution in [0.15, 0.2) is 47.4 Å². The van der Waals surface area contributed by atoms with E-state index in [1.54, 1.807) is 12.1 Å². The van der Waals surface area contributed by atoms with Crippen molar-refractivity contribution < 1.29 is 67.8 Å². The van der Waals surface area contributed by atoms with Gasteiger partial charge in [-0.3, -0.25) is 9.59 Å². The van der Waals surface area contributed by atoms with Crippen molar-refractivity contribution in [3.63, 3.8) is 0 Å². The van der Waals surface area contributed by atoms with Crippen LogP contribution in [0, 0.1) is 18.3 Å². The van der Waals surface area contributed by atoms with Crippen LogP contribution in [0.25, 0.3) is 10.9 Å². The number of fused-ring (bicyclic) bond motifs is 1. The smallest absolute Gasteiger partial charge is 0.629 e. The number of carbonyl (C=O) groups excluding carboxylic acids is 2. The van der Waals surface area contributed by atoms with Crippen LogP contribution in [-0.2, 0) is 17.6 Å². The first kappa shape index (κ1) is 28.3. The SMILES string of the molecule is C#C[C@H](Cc1ccc[n-]c1=O)NC(=O)[C@H](CC(C)C)NC(=O)c1cc2c(CC)cccc2[nH]1.[Rb+]. The van der Waals surface area contributed by atoms with Gasteiger partial charge in [-0.05, 0) is 42.0 Å². The van der Waals surface area contributed by atoms with Gasteiger partial charge < -0.3 is 25.4 Å². The molecule has 0 aliphatic carbocycles. The number of hydrogen-bond donors (Lipinski definition) is 3. The van der Waals surface area contributed by atoms with Crippen LogP contribution in [-0.4, -0.2) is 28.9 Å². The van der Waals surface area contributed by atoms with Gasteiger partial charge >= 0.3 is 58.2 Å². The van der Waals surface area contributed by atoms with Crippen molar-refractivity contribution in [3.8, 4) is 12.3 Å². The van der Waals surface area contributed by atoms with E-state index in [1.165, 1.54) is 6.20 Å². The average Bonchev–Trinajstić information content (AvgIpc) is 3.24. The summed E-state index contributed by atoms with van der Waals surface area (Å²) in [4.78, 5) is 44.8. The zero-order chi connectivity index (χ0) is 24.0. The van der Waals surface area contributed by atoms with Crippen LogP contribution >= 0.6 is 0 Å². The first-order valence-corrected chi connectivity index (χ1v) is 11.1. The van der Waals surface area contributed by atoms with Crippen LogP contribution in [0.5, 0.6) is 0 Å². The zero-order valence-corrected chi connectivity index (χ0v) is 25.1. The number of aromatic nitrogens is 2. The molecule has 2 atom stereocenters. The molecule has 3 N–H and O–H groups in total. The third-order valence-electron chi connectivity index (χ3n) is 5.50. The topological polar surface area (TPSA) is 105 Å². The molecule has 0 spiro atoms. The molecule has 0 radical (unpaired) electrons. The fourth-order valence-corrected chi connectivity index (χ4v) is 3.81. The number of aromatic amines is 1. The third-order valence-corrected chi connectivity index (χ3v) is 5.50. The fourth-order valence-electron chi connectivity index (χ4n) is 3.81. The van der Waals surface area contributed by atoms with Gasteiger partial charge in [0.25, 0.3) is 5.91 Å². The van der Waals surface area contributed by atoms with Gasteiger partial charge in [0, 0.05) is 17.3 Å². The second-order valence-electron chi connectivity index (χ2n) is 8.47. The fraction of sp³-hybridized carbons (Fsp3) is 0.346. The number of nitrogens with one attached hydrogen (secondary N) is 3. The number of pyridine rings is 1. The molecule has 34 heavy (non-hydrogen) atoms. The van der Waals surface area contributed by atoms with E-state index in [4.69, 9.17) is 6.42 Å². The molecule has 0 fully saturated rings. The Labute approximate surface area is 248 Å². The van der Waals surface area contributed by atoms with E-state index in [9.17, 15) is 14.4 Å². The van der Waals surface area contributed by atoms with Crippen molar-refractivity contribution in [2.45, 2.75) is 52.1 Å². The Bertz CT molecular complexity index is 1240. The van der Waals surface area contributed by atoms with Crippen molar-refractivity contribution in [1.29, 1.82) is 0 Å². The number of hydrogen-bond acceptors (Lipinski definition) is 3. The minimum atomic E-state index is -0.772. The van der Waals surface area contributed by atoms with Gasteiger partial charge in [-0.1, -0.05) is 51.0 Å². The molecule has 2 heterocycles. The van der Waals surface area contributed by atoms with Crippen LogP contribution in [0.4, 0.5) is 0 Å². The second-order valence-corrected chi connectivity index (χ2v) is 8.47. The number of terminal acetylenes is 1. The summed E-state index contributed by atoms with van der Waals surface area (Å²) in [6.07, 6.45) is 8.47. The van der Waals surface area contributed by atoms with Gasteiger partial charge in [0.2, 0.25) is 5.91 Å². The van der Waals surface area contributed by atoms with Gasteiger partial charge in [0.05, 0.1) is 11.6 Å². The predicted octanol–water partition coefficient (Wildman–Crippen LogP) is -0.443. The Morgan fingerprint density at radius 1 is 1.15 bits per heavy atom. The number of nitrogens with zero attached hydrogens (tertiary/aromatic N) is 1. The van der Waals surface area contributed by atoms with Crippen molar-refractivity contribution in [3.05, 3.63) is 69.8 Å². The Hall–Kier alpha value is -1.98. The van der Waals surface area contributed by atoms with Crippen LogP contribution < -0.4 is 79.4 Å². The molecule has 7 nitrogen and oxygen atoms in total. The van der Waals surface area contributed by atoms with E-state index in [0.717, 1.165) is 22.9 Å². The molecule has 3 rings (SSSR count). The van der Waals surface area contributed by atoms with Gasteiger partial charge in [-0.2, -0.15) is 6.20 Å². The molecule has 3 aromatic rings. The van der Waals surface area contributed by atoms with E-state index in [-0.39, 0.29) is 87.9 Å². The molecule has 2 amide bonds. The number of H-pyrrole nitrogens is 1. The summed E-state index contributed by atoms with van der Waals surface area (Å²) in [6, 6.07) is 9.54. The number of carbonyl (C=O) groups is 2. The maximum atomic E-state index is 13.0. The summed E-state index contributed by atoms with van der Waals surface area (Å²) in [7, 11) is 0. The predicted molar refractivity (Wildman–Crippen MR) is 129 cm³/mol. The maximum Gasteiger partial charge on any atom is 1.00 e. The summed E-state index contributed by atoms with van der Waals surface area (Å²) in [6.45, 7) is 6.01. The quantitative estimate of drug-likeness (QED) is 0.326. The van der Waals surface area contributed by atoms with Crippen LogP contribution in [0.3, 0.4) is 0 Å². The van der Waals surface area contributed by atoms with Crippen molar-refractivity contribution in [2.75, 3.05) is 0 Å². The molecular weight excluding hydrogens is 502 g/mol. The minimum Gasteiger partial charge on any atom is -0.629 e. The van der Waals surface area contributed by atoms with Gasteiger partial charge in [-0.25, -0.2) is 0 Å². The first-order chi connectivity index (χ1) is 15.8. The summed E-state index contributed by atoms with van der Waals surface area (Å²) in [5.41, 5.74) is 2.47. The Morgan fingerprint density at radius 2 is 1.88 bits per heavy atom. The molecule has 2 aromatic heterocycles.